The van der Waals surface area contributed by atoms with E-state index in [-0.39, 0.29) is 6.42 Å². The van der Waals surface area contributed by atoms with E-state index in [2.05, 4.69) is 10.3 Å². The molecule has 1 N–H and O–H groups in total. The summed E-state index contributed by atoms with van der Waals surface area (Å²) in [6, 6.07) is 16.3. The first kappa shape index (κ1) is 25.9. The lowest BCUT2D eigenvalue weighted by Crippen LogP contribution is -2.19. The fraction of sp³-hybridized carbons (Fsp3) is 0.308. The van der Waals surface area contributed by atoms with Gasteiger partial charge in [-0.3, -0.25) is 4.79 Å². The summed E-state index contributed by atoms with van der Waals surface area (Å²) in [5.74, 6) is 2.35. The van der Waals surface area contributed by atoms with Crippen LogP contribution in [-0.4, -0.2) is 30.8 Å². The summed E-state index contributed by atoms with van der Waals surface area (Å²) >= 11 is 0. The van der Waals surface area contributed by atoms with E-state index in [1.54, 1.807) is 30.5 Å². The van der Waals surface area contributed by atoms with E-state index in [0.29, 0.717) is 48.9 Å². The van der Waals surface area contributed by atoms with Gasteiger partial charge >= 0.3 is 6.18 Å². The van der Waals surface area contributed by atoms with Crippen molar-refractivity contribution >= 4 is 23.6 Å². The Labute approximate surface area is 202 Å². The van der Waals surface area contributed by atoms with Crippen molar-refractivity contribution in [1.82, 2.24) is 4.98 Å². The highest BCUT2D eigenvalue weighted by atomic mass is 19.4. The molecule has 0 bridgehead atoms. The maximum Gasteiger partial charge on any atom is 0.389 e. The lowest BCUT2D eigenvalue weighted by Gasteiger charge is -2.18. The number of fused-ring (bicyclic) bond motifs is 3. The van der Waals surface area contributed by atoms with Crippen LogP contribution in [0.1, 0.15) is 31.4 Å². The van der Waals surface area contributed by atoms with Crippen LogP contribution in [0.15, 0.2) is 60.8 Å². The number of hydrogen-bond acceptors (Lipinski definition) is 5. The van der Waals surface area contributed by atoms with Crippen LogP contribution in [-0.2, 0) is 17.8 Å². The van der Waals surface area contributed by atoms with Gasteiger partial charge in [0, 0.05) is 18.2 Å². The Morgan fingerprint density at radius 1 is 1.03 bits per heavy atom. The number of nitrogens with one attached hydrogen (secondary N) is 1. The van der Waals surface area contributed by atoms with Crippen molar-refractivity contribution in [3.63, 3.8) is 0 Å². The van der Waals surface area contributed by atoms with Crippen LogP contribution >= 0.6 is 0 Å². The number of nitrogens with zero attached hydrogens (tertiary/aromatic N) is 2. The first-order chi connectivity index (χ1) is 16.9. The molecule has 2 aromatic carbocycles. The molecule has 1 amide bonds. The Morgan fingerprint density at radius 2 is 1.71 bits per heavy atom. The van der Waals surface area contributed by atoms with Crippen LogP contribution in [0.5, 0.6) is 11.5 Å². The predicted molar refractivity (Wildman–Crippen MR) is 129 cm³/mol. The summed E-state index contributed by atoms with van der Waals surface area (Å²) in [4.78, 5) is 17.1. The van der Waals surface area contributed by atoms with Gasteiger partial charge in [-0.05, 0) is 42.3 Å². The Balaban J connectivity index is 0.000000236. The number of alkyl halides is 3. The minimum Gasteiger partial charge on any atom is -0.486 e. The number of hydrogen-bond donors (Lipinski definition) is 1. The van der Waals surface area contributed by atoms with Crippen molar-refractivity contribution in [3.8, 4) is 11.5 Å². The van der Waals surface area contributed by atoms with Gasteiger partial charge in [0.2, 0.25) is 6.41 Å². The summed E-state index contributed by atoms with van der Waals surface area (Å²) < 4.78 is 47.7. The zero-order chi connectivity index (χ0) is 25.3. The maximum atomic E-state index is 12.4. The molecular formula is C26H28F3N3O3. The van der Waals surface area contributed by atoms with E-state index in [0.717, 1.165) is 17.1 Å². The topological polar surface area (TPSA) is 63.7 Å². The second-order valence-corrected chi connectivity index (χ2v) is 7.48. The van der Waals surface area contributed by atoms with Crippen molar-refractivity contribution < 1.29 is 27.4 Å². The van der Waals surface area contributed by atoms with Crippen LogP contribution in [0.2, 0.25) is 0 Å². The van der Waals surface area contributed by atoms with Crippen LogP contribution in [0.4, 0.5) is 30.4 Å². The Bertz CT molecular complexity index is 1100. The van der Waals surface area contributed by atoms with Gasteiger partial charge in [0.1, 0.15) is 19.0 Å². The lowest BCUT2D eigenvalue weighted by molar-refractivity contribution is -0.134. The molecule has 186 valence electrons. The first-order valence-corrected chi connectivity index (χ1v) is 11.4. The summed E-state index contributed by atoms with van der Waals surface area (Å²) in [5.41, 5.74) is 2.57. The van der Waals surface area contributed by atoms with Crippen molar-refractivity contribution in [3.05, 3.63) is 71.9 Å². The smallest absolute Gasteiger partial charge is 0.389 e. The number of aryl methyl sites for hydroxylation is 1. The maximum absolute atomic E-state index is 12.4. The van der Waals surface area contributed by atoms with Crippen molar-refractivity contribution in [2.24, 2.45) is 0 Å². The zero-order valence-electron chi connectivity index (χ0n) is 19.6. The third-order valence-electron chi connectivity index (χ3n) is 5.13. The molecule has 9 heteroatoms. The number of amides is 1. The lowest BCUT2D eigenvalue weighted by atomic mass is 10.1. The standard InChI is InChI=1S/C16H14F3N3O.C8H8O2.C2H6/c17-16(18,19)6-5-11-3-4-13-14(8-11)22(10-23)9-12-2-1-7-20-15(12)21-13;1-2-4-8-7(3-1)9-5-6-10-8;1-2/h1-4,7-8,10H,5-6,9H2,(H,20,21);1-4H,5-6H2;1-2H3. The third-order valence-corrected chi connectivity index (χ3v) is 5.13. The van der Waals surface area contributed by atoms with E-state index in [9.17, 15) is 18.0 Å². The van der Waals surface area contributed by atoms with Crippen molar-refractivity contribution in [2.75, 3.05) is 23.4 Å². The molecule has 3 heterocycles. The first-order valence-electron chi connectivity index (χ1n) is 11.4. The molecular weight excluding hydrogens is 459 g/mol. The van der Waals surface area contributed by atoms with E-state index in [1.165, 1.54) is 4.90 Å². The number of rotatable bonds is 3. The van der Waals surface area contributed by atoms with Gasteiger partial charge in [0.25, 0.3) is 0 Å². The molecule has 0 aliphatic carbocycles. The molecule has 2 aliphatic rings. The number of ether oxygens (including phenoxy) is 2. The summed E-state index contributed by atoms with van der Waals surface area (Å²) in [5, 5.41) is 3.13. The van der Waals surface area contributed by atoms with Gasteiger partial charge in [0.05, 0.1) is 17.9 Å². The van der Waals surface area contributed by atoms with Gasteiger partial charge in [-0.15, -0.1) is 0 Å². The fourth-order valence-corrected chi connectivity index (χ4v) is 3.52. The minimum atomic E-state index is -4.20. The third kappa shape index (κ3) is 7.11. The quantitative estimate of drug-likeness (QED) is 0.441. The number of pyridine rings is 1. The summed E-state index contributed by atoms with van der Waals surface area (Å²) in [7, 11) is 0. The SMILES string of the molecule is CC.O=CN1Cc2cccnc2Nc2ccc(CCC(F)(F)F)cc21.c1ccc2c(c1)OCCO2. The van der Waals surface area contributed by atoms with Gasteiger partial charge < -0.3 is 19.7 Å². The molecule has 0 saturated heterocycles. The van der Waals surface area contributed by atoms with Crippen molar-refractivity contribution in [1.29, 1.82) is 0 Å². The van der Waals surface area contributed by atoms with Crippen LogP contribution in [0.3, 0.4) is 0 Å². The van der Waals surface area contributed by atoms with Crippen LogP contribution < -0.4 is 19.7 Å². The van der Waals surface area contributed by atoms with E-state index in [4.69, 9.17) is 9.47 Å². The predicted octanol–water partition coefficient (Wildman–Crippen LogP) is 6.28. The largest absolute Gasteiger partial charge is 0.486 e. The Hall–Kier alpha value is -3.75. The van der Waals surface area contributed by atoms with Crippen molar-refractivity contribution in [2.45, 2.75) is 39.4 Å². The average molecular weight is 488 g/mol. The van der Waals surface area contributed by atoms with Gasteiger partial charge in [0.15, 0.2) is 11.5 Å². The second kappa shape index (κ2) is 12.1. The monoisotopic (exact) mass is 487 g/mol. The second-order valence-electron chi connectivity index (χ2n) is 7.48. The minimum absolute atomic E-state index is 0.116. The number of anilines is 3. The van der Waals surface area contributed by atoms with Crippen LogP contribution in [0, 0.1) is 0 Å². The highest BCUT2D eigenvalue weighted by molar-refractivity contribution is 5.87. The van der Waals surface area contributed by atoms with Gasteiger partial charge in [-0.25, -0.2) is 4.98 Å². The van der Waals surface area contributed by atoms with Gasteiger partial charge in [-0.1, -0.05) is 38.1 Å². The van der Waals surface area contributed by atoms with E-state index >= 15 is 0 Å². The molecule has 0 radical (unpaired) electrons. The normalized spacial score (nSPS) is 13.3. The van der Waals surface area contributed by atoms with Crippen LogP contribution in [0.25, 0.3) is 0 Å². The molecule has 6 nitrogen and oxygen atoms in total. The highest BCUT2D eigenvalue weighted by Gasteiger charge is 2.27. The molecule has 3 aromatic rings. The molecule has 5 rings (SSSR count). The molecule has 2 aliphatic heterocycles. The number of benzene rings is 2. The number of carbonyl (C=O) groups excluding carboxylic acids is 1. The van der Waals surface area contributed by atoms with Gasteiger partial charge in [-0.2, -0.15) is 13.2 Å². The Kier molecular flexibility index (Phi) is 8.94. The van der Waals surface area contributed by atoms with E-state index in [1.807, 2.05) is 44.2 Å². The molecule has 0 spiro atoms. The molecule has 0 saturated carbocycles. The number of para-hydroxylation sites is 2. The summed E-state index contributed by atoms with van der Waals surface area (Å²) in [6.07, 6.45) is -2.89. The molecule has 35 heavy (non-hydrogen) atoms. The fourth-order valence-electron chi connectivity index (χ4n) is 3.52. The Morgan fingerprint density at radius 3 is 2.34 bits per heavy atom. The molecule has 1 aromatic heterocycles. The highest BCUT2D eigenvalue weighted by Crippen LogP contribution is 2.35. The number of carbonyl (C=O) groups is 1. The molecule has 0 unspecified atom stereocenters. The average Bonchev–Trinajstić information content (AvgIpc) is 3.05. The molecule has 0 atom stereocenters. The zero-order valence-corrected chi connectivity index (χ0v) is 19.6. The number of halogens is 3. The summed E-state index contributed by atoms with van der Waals surface area (Å²) in [6.45, 7) is 5.64. The molecule has 0 fully saturated rings. The number of aromatic nitrogens is 1. The van der Waals surface area contributed by atoms with E-state index < -0.39 is 12.6 Å².